The van der Waals surface area contributed by atoms with Gasteiger partial charge in [-0.1, -0.05) is 12.1 Å². The van der Waals surface area contributed by atoms with Gasteiger partial charge in [0.2, 0.25) is 0 Å². The molecule has 0 atom stereocenters. The van der Waals surface area contributed by atoms with E-state index < -0.39 is 5.97 Å². The number of rotatable bonds is 7. The van der Waals surface area contributed by atoms with Gasteiger partial charge >= 0.3 is 5.97 Å². The van der Waals surface area contributed by atoms with Crippen LogP contribution in [0.25, 0.3) is 0 Å². The molecule has 0 bridgehead atoms. The van der Waals surface area contributed by atoms with Crippen molar-refractivity contribution in [3.05, 3.63) is 54.1 Å². The maximum absolute atomic E-state index is 10.7. The maximum Gasteiger partial charge on any atom is 0.335 e. The summed E-state index contributed by atoms with van der Waals surface area (Å²) in [5, 5.41) is 8.81. The number of carbonyl (C=O) groups is 1. The molecule has 4 nitrogen and oxygen atoms in total. The Balaban J connectivity index is 1.80. The van der Waals surface area contributed by atoms with Crippen LogP contribution in [0.15, 0.2) is 53.4 Å². The van der Waals surface area contributed by atoms with Crippen LogP contribution < -0.4 is 9.47 Å². The third-order valence-corrected chi connectivity index (χ3v) is 3.80. The quantitative estimate of drug-likeness (QED) is 0.626. The van der Waals surface area contributed by atoms with Crippen molar-refractivity contribution in [1.29, 1.82) is 0 Å². The lowest BCUT2D eigenvalue weighted by atomic mass is 10.2. The third-order valence-electron chi connectivity index (χ3n) is 2.78. The monoisotopic (exact) mass is 304 g/mol. The maximum atomic E-state index is 10.7. The van der Waals surface area contributed by atoms with Crippen LogP contribution in [0.5, 0.6) is 11.5 Å². The van der Waals surface area contributed by atoms with Gasteiger partial charge in [0.05, 0.1) is 19.3 Å². The van der Waals surface area contributed by atoms with Crippen LogP contribution in [0.2, 0.25) is 0 Å². The Labute approximate surface area is 127 Å². The molecule has 0 aliphatic heterocycles. The van der Waals surface area contributed by atoms with Crippen molar-refractivity contribution in [2.75, 3.05) is 19.5 Å². The second-order valence-corrected chi connectivity index (χ2v) is 5.31. The molecule has 0 unspecified atom stereocenters. The summed E-state index contributed by atoms with van der Waals surface area (Å²) in [4.78, 5) is 11.8. The topological polar surface area (TPSA) is 55.8 Å². The van der Waals surface area contributed by atoms with E-state index in [0.717, 1.165) is 16.4 Å². The summed E-state index contributed by atoms with van der Waals surface area (Å²) in [6.45, 7) is 0.537. The molecule has 2 rings (SSSR count). The molecule has 0 saturated heterocycles. The molecule has 21 heavy (non-hydrogen) atoms. The van der Waals surface area contributed by atoms with Gasteiger partial charge in [-0.15, -0.1) is 11.8 Å². The van der Waals surface area contributed by atoms with Crippen LogP contribution >= 0.6 is 11.8 Å². The molecule has 1 N–H and O–H groups in total. The van der Waals surface area contributed by atoms with E-state index in [1.807, 2.05) is 24.3 Å². The van der Waals surface area contributed by atoms with Crippen molar-refractivity contribution in [2.24, 2.45) is 0 Å². The molecule has 0 radical (unpaired) electrons. The Morgan fingerprint density at radius 3 is 2.52 bits per heavy atom. The molecule has 0 spiro atoms. The Bertz CT molecular complexity index is 595. The number of aromatic carboxylic acids is 1. The fourth-order valence-electron chi connectivity index (χ4n) is 1.74. The third kappa shape index (κ3) is 4.43. The molecule has 0 aliphatic carbocycles. The number of methoxy groups -OCH3 is 1. The minimum Gasteiger partial charge on any atom is -0.496 e. The first-order valence-corrected chi connectivity index (χ1v) is 7.41. The Morgan fingerprint density at radius 1 is 1.14 bits per heavy atom. The molecule has 0 heterocycles. The van der Waals surface area contributed by atoms with Crippen LogP contribution in [0.3, 0.4) is 0 Å². The van der Waals surface area contributed by atoms with E-state index in [2.05, 4.69) is 0 Å². The molecule has 2 aromatic rings. The molecule has 2 aromatic carbocycles. The van der Waals surface area contributed by atoms with E-state index in [4.69, 9.17) is 14.6 Å². The van der Waals surface area contributed by atoms with Crippen molar-refractivity contribution in [2.45, 2.75) is 4.90 Å². The predicted octanol–water partition coefficient (Wildman–Crippen LogP) is 3.56. The van der Waals surface area contributed by atoms with E-state index in [1.54, 1.807) is 31.0 Å². The second kappa shape index (κ2) is 7.59. The van der Waals surface area contributed by atoms with Crippen LogP contribution in [-0.2, 0) is 0 Å². The summed E-state index contributed by atoms with van der Waals surface area (Å²) in [6, 6.07) is 14.2. The first-order chi connectivity index (χ1) is 10.2. The highest BCUT2D eigenvalue weighted by Crippen LogP contribution is 2.28. The summed E-state index contributed by atoms with van der Waals surface area (Å²) < 4.78 is 10.9. The molecular weight excluding hydrogens is 288 g/mol. The lowest BCUT2D eigenvalue weighted by molar-refractivity contribution is 0.0697. The Hall–Kier alpha value is -2.14. The van der Waals surface area contributed by atoms with Crippen molar-refractivity contribution in [1.82, 2.24) is 0 Å². The molecule has 0 amide bonds. The van der Waals surface area contributed by atoms with Gasteiger partial charge < -0.3 is 14.6 Å². The van der Waals surface area contributed by atoms with Crippen molar-refractivity contribution >= 4 is 17.7 Å². The number of benzene rings is 2. The largest absolute Gasteiger partial charge is 0.496 e. The number of carboxylic acids is 1. The van der Waals surface area contributed by atoms with Gasteiger partial charge in [0, 0.05) is 10.6 Å². The van der Waals surface area contributed by atoms with Crippen LogP contribution in [-0.4, -0.2) is 30.5 Å². The van der Waals surface area contributed by atoms with Gasteiger partial charge in [-0.25, -0.2) is 4.79 Å². The van der Waals surface area contributed by atoms with Gasteiger partial charge in [-0.05, 0) is 36.4 Å². The number of thioether (sulfide) groups is 1. The molecule has 0 saturated carbocycles. The van der Waals surface area contributed by atoms with Crippen molar-refractivity contribution in [3.8, 4) is 11.5 Å². The van der Waals surface area contributed by atoms with Gasteiger partial charge in [-0.2, -0.15) is 0 Å². The fourth-order valence-corrected chi connectivity index (χ4v) is 2.60. The number of para-hydroxylation sites is 1. The first kappa shape index (κ1) is 15.3. The molecular formula is C16H16O4S. The van der Waals surface area contributed by atoms with Crippen LogP contribution in [0, 0.1) is 0 Å². The number of hydrogen-bond acceptors (Lipinski definition) is 4. The van der Waals surface area contributed by atoms with E-state index in [1.165, 1.54) is 12.1 Å². The molecule has 5 heteroatoms. The van der Waals surface area contributed by atoms with Crippen LogP contribution in [0.4, 0.5) is 0 Å². The average molecular weight is 304 g/mol. The zero-order valence-corrected chi connectivity index (χ0v) is 12.4. The highest BCUT2D eigenvalue weighted by atomic mass is 32.2. The zero-order valence-electron chi connectivity index (χ0n) is 11.6. The smallest absolute Gasteiger partial charge is 0.335 e. The van der Waals surface area contributed by atoms with Crippen molar-refractivity contribution < 1.29 is 19.4 Å². The zero-order chi connectivity index (χ0) is 15.1. The fraction of sp³-hybridized carbons (Fsp3) is 0.188. The highest BCUT2D eigenvalue weighted by molar-refractivity contribution is 7.99. The lowest BCUT2D eigenvalue weighted by Gasteiger charge is -2.09. The Morgan fingerprint density at radius 2 is 1.86 bits per heavy atom. The van der Waals surface area contributed by atoms with Gasteiger partial charge in [0.15, 0.2) is 0 Å². The molecule has 0 aromatic heterocycles. The number of ether oxygens (including phenoxy) is 2. The summed E-state index contributed by atoms with van der Waals surface area (Å²) in [5.41, 5.74) is 0.255. The standard InChI is InChI=1S/C16H16O4S/c1-19-14-4-2-3-5-15(14)21-11-10-20-13-8-6-12(7-9-13)16(17)18/h2-9H,10-11H2,1H3,(H,17,18). The van der Waals surface area contributed by atoms with E-state index in [0.29, 0.717) is 12.4 Å². The van der Waals surface area contributed by atoms with Gasteiger partial charge in [-0.3, -0.25) is 0 Å². The second-order valence-electron chi connectivity index (χ2n) is 4.18. The van der Waals surface area contributed by atoms with Crippen LogP contribution in [0.1, 0.15) is 10.4 Å². The summed E-state index contributed by atoms with van der Waals surface area (Å²) in [7, 11) is 1.65. The molecule has 110 valence electrons. The minimum absolute atomic E-state index is 0.255. The van der Waals surface area contributed by atoms with E-state index in [-0.39, 0.29) is 5.56 Å². The van der Waals surface area contributed by atoms with E-state index >= 15 is 0 Å². The number of carboxylic acid groups (broad SMARTS) is 1. The average Bonchev–Trinajstić information content (AvgIpc) is 2.52. The number of hydrogen-bond donors (Lipinski definition) is 1. The SMILES string of the molecule is COc1ccccc1SCCOc1ccc(C(=O)O)cc1. The lowest BCUT2D eigenvalue weighted by Crippen LogP contribution is -2.01. The first-order valence-electron chi connectivity index (χ1n) is 6.42. The van der Waals surface area contributed by atoms with E-state index in [9.17, 15) is 4.79 Å². The molecule has 0 aliphatic rings. The highest BCUT2D eigenvalue weighted by Gasteiger charge is 2.04. The van der Waals surface area contributed by atoms with Gasteiger partial charge in [0.1, 0.15) is 11.5 Å². The van der Waals surface area contributed by atoms with Crippen molar-refractivity contribution in [3.63, 3.8) is 0 Å². The van der Waals surface area contributed by atoms with Gasteiger partial charge in [0.25, 0.3) is 0 Å². The summed E-state index contributed by atoms with van der Waals surface area (Å²) in [5.74, 6) is 1.36. The predicted molar refractivity (Wildman–Crippen MR) is 82.6 cm³/mol. The minimum atomic E-state index is -0.937. The summed E-state index contributed by atoms with van der Waals surface area (Å²) >= 11 is 1.65. The molecule has 0 fully saturated rings. The summed E-state index contributed by atoms with van der Waals surface area (Å²) in [6.07, 6.45) is 0. The Kier molecular flexibility index (Phi) is 5.51. The normalized spacial score (nSPS) is 10.1.